The average molecular weight is 325 g/mol. The van der Waals surface area contributed by atoms with Crippen LogP contribution in [0.25, 0.3) is 0 Å². The van der Waals surface area contributed by atoms with Gasteiger partial charge >= 0.3 is 0 Å². The van der Waals surface area contributed by atoms with Crippen LogP contribution < -0.4 is 5.73 Å². The number of nitro groups is 1. The first-order valence-electron chi connectivity index (χ1n) is 7.38. The number of benzene rings is 1. The minimum atomic E-state index is -3.84. The molecule has 1 saturated heterocycles. The van der Waals surface area contributed by atoms with Crippen LogP contribution in [0.3, 0.4) is 0 Å². The van der Waals surface area contributed by atoms with Crippen LogP contribution in [-0.4, -0.2) is 36.8 Å². The Morgan fingerprint density at radius 1 is 1.18 bits per heavy atom. The summed E-state index contributed by atoms with van der Waals surface area (Å²) in [5, 5.41) is 11.1. The number of sulfonamides is 1. The number of nitrogens with zero attached hydrogens (tertiary/aromatic N) is 2. The van der Waals surface area contributed by atoms with Crippen LogP contribution in [-0.2, 0) is 10.0 Å². The molecule has 1 aliphatic carbocycles. The number of fused-ring (bicyclic) bond motifs is 1. The number of hydrogen-bond donors (Lipinski definition) is 1. The van der Waals surface area contributed by atoms with E-state index in [1.54, 1.807) is 0 Å². The van der Waals surface area contributed by atoms with Crippen LogP contribution in [0.15, 0.2) is 29.2 Å². The number of nitrogens with two attached hydrogens (primary N) is 1. The predicted octanol–water partition coefficient (Wildman–Crippen LogP) is 1.34. The van der Waals surface area contributed by atoms with Gasteiger partial charge in [-0.15, -0.1) is 0 Å². The second-order valence-corrected chi connectivity index (χ2v) is 8.05. The van der Waals surface area contributed by atoms with E-state index >= 15 is 0 Å². The van der Waals surface area contributed by atoms with Crippen molar-refractivity contribution in [3.63, 3.8) is 0 Å². The average Bonchev–Trinajstić information content (AvgIpc) is 2.91. The summed E-state index contributed by atoms with van der Waals surface area (Å²) in [6, 6.07) is 5.65. The number of nitro benzene ring substituents is 1. The third-order valence-electron chi connectivity index (χ3n) is 4.74. The molecule has 8 heteroatoms. The summed E-state index contributed by atoms with van der Waals surface area (Å²) in [7, 11) is -3.84. The van der Waals surface area contributed by atoms with E-state index in [2.05, 4.69) is 0 Å². The van der Waals surface area contributed by atoms with Gasteiger partial charge in [-0.25, -0.2) is 8.42 Å². The lowest BCUT2D eigenvalue weighted by Gasteiger charge is -2.28. The largest absolute Gasteiger partial charge is 0.328 e. The summed E-state index contributed by atoms with van der Waals surface area (Å²) in [5.41, 5.74) is 5.60. The molecular formula is C14H19N3O4S. The van der Waals surface area contributed by atoms with Gasteiger partial charge in [-0.1, -0.05) is 12.1 Å². The van der Waals surface area contributed by atoms with Crippen molar-refractivity contribution in [2.75, 3.05) is 13.1 Å². The van der Waals surface area contributed by atoms with Crippen LogP contribution in [0, 0.1) is 22.0 Å². The van der Waals surface area contributed by atoms with E-state index in [9.17, 15) is 18.5 Å². The first-order valence-corrected chi connectivity index (χ1v) is 8.82. The molecular weight excluding hydrogens is 306 g/mol. The van der Waals surface area contributed by atoms with Crippen molar-refractivity contribution in [3.05, 3.63) is 34.4 Å². The molecule has 0 amide bonds. The van der Waals surface area contributed by atoms with Crippen molar-refractivity contribution in [1.29, 1.82) is 0 Å². The van der Waals surface area contributed by atoms with Gasteiger partial charge in [0.05, 0.1) is 4.92 Å². The monoisotopic (exact) mass is 325 g/mol. The van der Waals surface area contributed by atoms with Gasteiger partial charge in [0.25, 0.3) is 5.69 Å². The minimum absolute atomic E-state index is 0.134. The number of hydrogen-bond acceptors (Lipinski definition) is 5. The molecule has 3 atom stereocenters. The summed E-state index contributed by atoms with van der Waals surface area (Å²) in [6.45, 7) is 0.846. The molecule has 2 aliphatic rings. The highest BCUT2D eigenvalue weighted by Crippen LogP contribution is 2.39. The second kappa shape index (κ2) is 5.60. The Labute approximate surface area is 129 Å². The Balaban J connectivity index is 1.90. The Hall–Kier alpha value is -1.51. The van der Waals surface area contributed by atoms with Crippen molar-refractivity contribution >= 4 is 15.7 Å². The first kappa shape index (κ1) is 15.4. The molecule has 0 radical (unpaired) electrons. The second-order valence-electron chi connectivity index (χ2n) is 6.14. The van der Waals surface area contributed by atoms with Crippen LogP contribution in [0.1, 0.15) is 19.3 Å². The third-order valence-corrected chi connectivity index (χ3v) is 6.62. The fourth-order valence-corrected chi connectivity index (χ4v) is 5.30. The van der Waals surface area contributed by atoms with Crippen LogP contribution >= 0.6 is 0 Å². The van der Waals surface area contributed by atoms with Gasteiger partial charge in [-0.3, -0.25) is 10.1 Å². The highest BCUT2D eigenvalue weighted by molar-refractivity contribution is 7.89. The zero-order chi connectivity index (χ0) is 15.9. The highest BCUT2D eigenvalue weighted by atomic mass is 32.2. The highest BCUT2D eigenvalue weighted by Gasteiger charge is 2.43. The lowest BCUT2D eigenvalue weighted by molar-refractivity contribution is -0.387. The third kappa shape index (κ3) is 2.62. The van der Waals surface area contributed by atoms with E-state index in [1.165, 1.54) is 28.6 Å². The number of para-hydroxylation sites is 1. The molecule has 0 spiro atoms. The Morgan fingerprint density at radius 3 is 2.59 bits per heavy atom. The molecule has 22 heavy (non-hydrogen) atoms. The van der Waals surface area contributed by atoms with Gasteiger partial charge in [0.15, 0.2) is 4.90 Å². The van der Waals surface area contributed by atoms with Gasteiger partial charge in [-0.05, 0) is 37.2 Å². The van der Waals surface area contributed by atoms with E-state index < -0.39 is 14.9 Å². The lowest BCUT2D eigenvalue weighted by atomic mass is 9.79. The van der Waals surface area contributed by atoms with E-state index in [0.717, 1.165) is 19.3 Å². The number of rotatable bonds is 3. The van der Waals surface area contributed by atoms with Crippen molar-refractivity contribution in [1.82, 2.24) is 4.31 Å². The van der Waals surface area contributed by atoms with E-state index in [0.29, 0.717) is 19.0 Å². The molecule has 1 aliphatic heterocycles. The zero-order valence-corrected chi connectivity index (χ0v) is 12.9. The topological polar surface area (TPSA) is 107 Å². The summed E-state index contributed by atoms with van der Waals surface area (Å²) < 4.78 is 26.9. The molecule has 1 heterocycles. The van der Waals surface area contributed by atoms with Crippen molar-refractivity contribution in [3.8, 4) is 0 Å². The Kier molecular flexibility index (Phi) is 3.92. The molecule has 1 aromatic carbocycles. The maximum absolute atomic E-state index is 12.8. The molecule has 0 bridgehead atoms. The Bertz CT molecular complexity index is 691. The van der Waals surface area contributed by atoms with Gasteiger partial charge in [0.2, 0.25) is 10.0 Å². The fraction of sp³-hybridized carbons (Fsp3) is 0.571. The molecule has 1 saturated carbocycles. The van der Waals surface area contributed by atoms with Gasteiger partial charge in [0, 0.05) is 25.2 Å². The standard InChI is InChI=1S/C14H19N3O4S/c15-12-6-5-10-8-16(9-11(10)7-12)22(20,21)14-4-2-1-3-13(14)17(18)19/h1-4,10-12H,5-9,15H2. The normalized spacial score (nSPS) is 29.2. The quantitative estimate of drug-likeness (QED) is 0.666. The molecule has 2 fully saturated rings. The van der Waals surface area contributed by atoms with Crippen LogP contribution in [0.2, 0.25) is 0 Å². The van der Waals surface area contributed by atoms with Crippen LogP contribution in [0.4, 0.5) is 5.69 Å². The molecule has 1 aromatic rings. The van der Waals surface area contributed by atoms with Gasteiger partial charge in [0.1, 0.15) is 0 Å². The van der Waals surface area contributed by atoms with Crippen LogP contribution in [0.5, 0.6) is 0 Å². The molecule has 3 unspecified atom stereocenters. The van der Waals surface area contributed by atoms with Gasteiger partial charge in [-0.2, -0.15) is 4.31 Å². The molecule has 3 rings (SSSR count). The lowest BCUT2D eigenvalue weighted by Crippen LogP contribution is -2.32. The van der Waals surface area contributed by atoms with Crippen molar-refractivity contribution in [2.24, 2.45) is 17.6 Å². The molecule has 7 nitrogen and oxygen atoms in total. The molecule has 0 aromatic heterocycles. The molecule has 2 N–H and O–H groups in total. The zero-order valence-electron chi connectivity index (χ0n) is 12.1. The summed E-state index contributed by atoms with van der Waals surface area (Å²) in [6.07, 6.45) is 2.67. The Morgan fingerprint density at radius 2 is 1.86 bits per heavy atom. The summed E-state index contributed by atoms with van der Waals surface area (Å²) in [5.74, 6) is 0.582. The minimum Gasteiger partial charge on any atom is -0.328 e. The van der Waals surface area contributed by atoms with E-state index in [4.69, 9.17) is 5.73 Å². The summed E-state index contributed by atoms with van der Waals surface area (Å²) >= 11 is 0. The smallest absolute Gasteiger partial charge is 0.289 e. The maximum Gasteiger partial charge on any atom is 0.289 e. The first-order chi connectivity index (χ1) is 10.4. The molecule has 120 valence electrons. The van der Waals surface area contributed by atoms with Crippen molar-refractivity contribution in [2.45, 2.75) is 30.2 Å². The predicted molar refractivity (Wildman–Crippen MR) is 80.7 cm³/mol. The maximum atomic E-state index is 12.8. The van der Waals surface area contributed by atoms with E-state index in [1.807, 2.05) is 0 Å². The van der Waals surface area contributed by atoms with Gasteiger partial charge < -0.3 is 5.73 Å². The van der Waals surface area contributed by atoms with E-state index in [-0.39, 0.29) is 22.5 Å². The van der Waals surface area contributed by atoms with Crippen molar-refractivity contribution < 1.29 is 13.3 Å². The summed E-state index contributed by atoms with van der Waals surface area (Å²) in [4.78, 5) is 10.2. The fourth-order valence-electron chi connectivity index (χ4n) is 3.59. The SMILES string of the molecule is NC1CCC2CN(S(=O)(=O)c3ccccc3[N+](=O)[O-])CC2C1.